The minimum atomic E-state index is -0.596. The number of aliphatic hydroxyl groups is 1. The Morgan fingerprint density at radius 3 is 2.89 bits per heavy atom. The van der Waals surface area contributed by atoms with Crippen molar-refractivity contribution in [2.75, 3.05) is 0 Å². The largest absolute Gasteiger partial charge is 0.481 e. The molecule has 0 spiro atoms. The van der Waals surface area contributed by atoms with Gasteiger partial charge in [-0.25, -0.2) is 0 Å². The fourth-order valence-corrected chi connectivity index (χ4v) is 1.38. The van der Waals surface area contributed by atoms with E-state index in [1.165, 1.54) is 0 Å². The highest BCUT2D eigenvalue weighted by Crippen LogP contribution is 2.15. The zero-order chi connectivity index (χ0) is 13.5. The van der Waals surface area contributed by atoms with Gasteiger partial charge in [0, 0.05) is 6.04 Å². The maximum Gasteiger partial charge on any atom is 0.261 e. The van der Waals surface area contributed by atoms with Gasteiger partial charge < -0.3 is 15.2 Å². The van der Waals surface area contributed by atoms with E-state index in [4.69, 9.17) is 9.84 Å². The van der Waals surface area contributed by atoms with Crippen LogP contribution < -0.4 is 10.1 Å². The van der Waals surface area contributed by atoms with E-state index in [1.807, 2.05) is 6.92 Å². The molecule has 0 aliphatic rings. The second-order valence-electron chi connectivity index (χ2n) is 4.10. The lowest BCUT2D eigenvalue weighted by atomic mass is 10.2. The van der Waals surface area contributed by atoms with E-state index in [0.717, 1.165) is 5.56 Å². The third-order valence-corrected chi connectivity index (χ3v) is 2.49. The maximum absolute atomic E-state index is 11.7. The van der Waals surface area contributed by atoms with Crippen LogP contribution in [0, 0.1) is 0 Å². The molecule has 0 fully saturated rings. The number of benzene rings is 1. The van der Waals surface area contributed by atoms with Crippen LogP contribution in [0.5, 0.6) is 5.75 Å². The van der Waals surface area contributed by atoms with Gasteiger partial charge >= 0.3 is 0 Å². The van der Waals surface area contributed by atoms with Gasteiger partial charge in [-0.15, -0.1) is 6.58 Å². The van der Waals surface area contributed by atoms with Crippen LogP contribution in [0.4, 0.5) is 0 Å². The van der Waals surface area contributed by atoms with Crippen molar-refractivity contribution in [3.63, 3.8) is 0 Å². The van der Waals surface area contributed by atoms with Crippen molar-refractivity contribution in [1.82, 2.24) is 5.32 Å². The van der Waals surface area contributed by atoms with Gasteiger partial charge in [-0.05, 0) is 31.5 Å². The average molecular weight is 249 g/mol. The molecule has 4 heteroatoms. The molecule has 1 rings (SSSR count). The Balaban J connectivity index is 2.60. The lowest BCUT2D eigenvalue weighted by Crippen LogP contribution is -2.40. The number of rotatable bonds is 6. The fraction of sp³-hybridized carbons (Fsp3) is 0.357. The van der Waals surface area contributed by atoms with Crippen molar-refractivity contribution >= 4 is 5.91 Å². The topological polar surface area (TPSA) is 58.6 Å². The highest BCUT2D eigenvalue weighted by Gasteiger charge is 2.15. The van der Waals surface area contributed by atoms with Crippen molar-refractivity contribution < 1.29 is 14.6 Å². The average Bonchev–Trinajstić information content (AvgIpc) is 2.38. The van der Waals surface area contributed by atoms with Gasteiger partial charge in [0.2, 0.25) is 0 Å². The zero-order valence-corrected chi connectivity index (χ0v) is 10.7. The summed E-state index contributed by atoms with van der Waals surface area (Å²) in [5.74, 6) is 0.368. The van der Waals surface area contributed by atoms with E-state index in [9.17, 15) is 4.79 Å². The molecule has 0 radical (unpaired) electrons. The van der Waals surface area contributed by atoms with E-state index < -0.39 is 6.10 Å². The molecule has 4 nitrogen and oxygen atoms in total. The van der Waals surface area contributed by atoms with E-state index in [-0.39, 0.29) is 18.6 Å². The summed E-state index contributed by atoms with van der Waals surface area (Å²) in [5.41, 5.74) is 0.750. The molecule has 0 aromatic heterocycles. The van der Waals surface area contributed by atoms with Crippen molar-refractivity contribution in [2.24, 2.45) is 0 Å². The van der Waals surface area contributed by atoms with Crippen molar-refractivity contribution in [2.45, 2.75) is 32.6 Å². The molecule has 2 unspecified atom stereocenters. The lowest BCUT2D eigenvalue weighted by Gasteiger charge is -2.17. The van der Waals surface area contributed by atoms with Crippen LogP contribution in [-0.4, -0.2) is 23.2 Å². The number of hydrogen-bond acceptors (Lipinski definition) is 3. The Bertz CT molecular complexity index is 417. The summed E-state index contributed by atoms with van der Waals surface area (Å²) < 4.78 is 5.51. The number of amides is 1. The fourth-order valence-electron chi connectivity index (χ4n) is 1.38. The number of aliphatic hydroxyl groups excluding tert-OH is 1. The normalized spacial score (nSPS) is 13.5. The van der Waals surface area contributed by atoms with Gasteiger partial charge in [0.25, 0.3) is 5.91 Å². The van der Waals surface area contributed by atoms with Crippen LogP contribution in [0.3, 0.4) is 0 Å². The van der Waals surface area contributed by atoms with Crippen molar-refractivity contribution in [1.29, 1.82) is 0 Å². The molecule has 1 aromatic carbocycles. The van der Waals surface area contributed by atoms with Gasteiger partial charge in [-0.1, -0.05) is 18.2 Å². The molecule has 1 amide bonds. The summed E-state index contributed by atoms with van der Waals surface area (Å²) in [6, 6.07) is 6.93. The molecule has 0 heterocycles. The molecule has 2 atom stereocenters. The predicted molar refractivity (Wildman–Crippen MR) is 70.3 cm³/mol. The Hall–Kier alpha value is -1.81. The Morgan fingerprint density at radius 1 is 1.56 bits per heavy atom. The number of ether oxygens (including phenoxy) is 1. The second-order valence-corrected chi connectivity index (χ2v) is 4.10. The molecular weight excluding hydrogens is 230 g/mol. The lowest BCUT2D eigenvalue weighted by molar-refractivity contribution is -0.127. The second kappa shape index (κ2) is 6.81. The smallest absolute Gasteiger partial charge is 0.261 e. The molecule has 0 aliphatic heterocycles. The van der Waals surface area contributed by atoms with E-state index >= 15 is 0 Å². The first-order valence-corrected chi connectivity index (χ1v) is 5.86. The quantitative estimate of drug-likeness (QED) is 0.753. The van der Waals surface area contributed by atoms with Crippen LogP contribution in [-0.2, 0) is 11.4 Å². The van der Waals surface area contributed by atoms with Crippen LogP contribution >= 0.6 is 0 Å². The Labute approximate surface area is 107 Å². The monoisotopic (exact) mass is 249 g/mol. The van der Waals surface area contributed by atoms with Gasteiger partial charge in [-0.3, -0.25) is 4.79 Å². The van der Waals surface area contributed by atoms with Gasteiger partial charge in [0.1, 0.15) is 5.75 Å². The minimum absolute atomic E-state index is 0.0503. The first kappa shape index (κ1) is 14.3. The van der Waals surface area contributed by atoms with Crippen molar-refractivity contribution in [3.8, 4) is 5.75 Å². The van der Waals surface area contributed by atoms with Crippen LogP contribution in [0.1, 0.15) is 19.4 Å². The van der Waals surface area contributed by atoms with Gasteiger partial charge in [0.15, 0.2) is 6.10 Å². The first-order chi connectivity index (χ1) is 8.56. The van der Waals surface area contributed by atoms with Crippen LogP contribution in [0.25, 0.3) is 0 Å². The molecule has 98 valence electrons. The molecule has 0 saturated heterocycles. The Kier molecular flexibility index (Phi) is 5.39. The summed E-state index contributed by atoms with van der Waals surface area (Å²) >= 11 is 0. The summed E-state index contributed by atoms with van der Waals surface area (Å²) in [5, 5.41) is 11.8. The molecule has 2 N–H and O–H groups in total. The minimum Gasteiger partial charge on any atom is -0.481 e. The molecular formula is C14H19NO3. The first-order valence-electron chi connectivity index (χ1n) is 5.86. The van der Waals surface area contributed by atoms with E-state index in [0.29, 0.717) is 5.75 Å². The number of carbonyl (C=O) groups excluding carboxylic acids is 1. The van der Waals surface area contributed by atoms with Gasteiger partial charge in [0.05, 0.1) is 6.61 Å². The van der Waals surface area contributed by atoms with E-state index in [2.05, 4.69) is 11.9 Å². The summed E-state index contributed by atoms with van der Waals surface area (Å²) in [7, 11) is 0. The number of carbonyl (C=O) groups is 1. The molecule has 0 bridgehead atoms. The standard InChI is InChI=1S/C14H19NO3/c1-4-10(2)15-14(17)11(3)18-13-7-5-6-12(8-13)9-16/h4-8,10-11,16H,1,9H2,2-3H3,(H,15,17). The maximum atomic E-state index is 11.7. The third kappa shape index (κ3) is 4.22. The zero-order valence-electron chi connectivity index (χ0n) is 10.7. The Morgan fingerprint density at radius 2 is 2.28 bits per heavy atom. The summed E-state index contributed by atoms with van der Waals surface area (Å²) in [6.45, 7) is 7.06. The van der Waals surface area contributed by atoms with Crippen molar-refractivity contribution in [3.05, 3.63) is 42.5 Å². The molecule has 1 aromatic rings. The van der Waals surface area contributed by atoms with Gasteiger partial charge in [-0.2, -0.15) is 0 Å². The molecule has 0 saturated carbocycles. The summed E-state index contributed by atoms with van der Waals surface area (Å²) in [6.07, 6.45) is 1.05. The third-order valence-electron chi connectivity index (χ3n) is 2.49. The van der Waals surface area contributed by atoms with E-state index in [1.54, 1.807) is 37.3 Å². The predicted octanol–water partition coefficient (Wildman–Crippen LogP) is 1.64. The SMILES string of the molecule is C=CC(C)NC(=O)C(C)Oc1cccc(CO)c1. The highest BCUT2D eigenvalue weighted by atomic mass is 16.5. The number of nitrogens with one attached hydrogen (secondary N) is 1. The number of hydrogen-bond donors (Lipinski definition) is 2. The molecule has 18 heavy (non-hydrogen) atoms. The summed E-state index contributed by atoms with van der Waals surface area (Å²) in [4.78, 5) is 11.7. The molecule has 0 aliphatic carbocycles. The van der Waals surface area contributed by atoms with Crippen LogP contribution in [0.2, 0.25) is 0 Å². The highest BCUT2D eigenvalue weighted by molar-refractivity contribution is 5.81. The van der Waals surface area contributed by atoms with Crippen LogP contribution in [0.15, 0.2) is 36.9 Å².